The van der Waals surface area contributed by atoms with Gasteiger partial charge in [0.15, 0.2) is 17.5 Å². The lowest BCUT2D eigenvalue weighted by Crippen LogP contribution is -2.03. The van der Waals surface area contributed by atoms with Crippen LogP contribution in [0, 0.1) is 11.3 Å². The molecule has 0 amide bonds. The van der Waals surface area contributed by atoms with Crippen molar-refractivity contribution in [1.29, 1.82) is 5.26 Å². The van der Waals surface area contributed by atoms with Gasteiger partial charge in [0.1, 0.15) is 0 Å². The van der Waals surface area contributed by atoms with Gasteiger partial charge in [-0.25, -0.2) is 15.0 Å². The zero-order chi connectivity index (χ0) is 46.5. The Hall–Kier alpha value is -9.70. The van der Waals surface area contributed by atoms with E-state index in [9.17, 15) is 5.26 Å². The number of nitrogens with zero attached hydrogens (tertiary/aromatic N) is 6. The van der Waals surface area contributed by atoms with Gasteiger partial charge in [0.05, 0.1) is 39.4 Å². The minimum absolute atomic E-state index is 0.529. The zero-order valence-electron chi connectivity index (χ0n) is 37.8. The van der Waals surface area contributed by atoms with Gasteiger partial charge in [-0.2, -0.15) is 5.26 Å². The minimum atomic E-state index is 0.529. The van der Waals surface area contributed by atoms with Crippen molar-refractivity contribution < 1.29 is 0 Å². The van der Waals surface area contributed by atoms with Crippen LogP contribution < -0.4 is 0 Å². The van der Waals surface area contributed by atoms with Gasteiger partial charge in [-0.1, -0.05) is 170 Å². The third-order valence-electron chi connectivity index (χ3n) is 13.4. The van der Waals surface area contributed by atoms with Crippen LogP contribution in [-0.4, -0.2) is 24.1 Å². The molecule has 0 saturated heterocycles. The molecule has 0 fully saturated rings. The molecule has 0 unspecified atom stereocenters. The van der Waals surface area contributed by atoms with E-state index >= 15 is 0 Å². The highest BCUT2D eigenvalue weighted by molar-refractivity contribution is 6.12. The molecule has 0 radical (unpaired) electrons. The largest absolute Gasteiger partial charge is 0.309 e. The molecule has 70 heavy (non-hydrogen) atoms. The Labute approximate surface area is 404 Å². The van der Waals surface area contributed by atoms with Crippen LogP contribution in [0.3, 0.4) is 0 Å². The van der Waals surface area contributed by atoms with Gasteiger partial charge in [-0.05, 0) is 95.1 Å². The molecule has 0 aliphatic heterocycles. The number of nitriles is 1. The summed E-state index contributed by atoms with van der Waals surface area (Å²) in [5.41, 5.74) is 15.5. The molecule has 0 saturated carbocycles. The van der Waals surface area contributed by atoms with Crippen molar-refractivity contribution in [3.8, 4) is 85.0 Å². The molecule has 10 aromatic carbocycles. The second kappa shape index (κ2) is 16.9. The molecule has 3 aromatic heterocycles. The predicted octanol–water partition coefficient (Wildman–Crippen LogP) is 15.9. The smallest absolute Gasteiger partial charge is 0.164 e. The number of hydrogen-bond acceptors (Lipinski definition) is 4. The summed E-state index contributed by atoms with van der Waals surface area (Å²) < 4.78 is 4.67. The Bertz CT molecular complexity index is 4110. The third-order valence-corrected chi connectivity index (χ3v) is 13.4. The molecule has 13 aromatic rings. The van der Waals surface area contributed by atoms with E-state index in [-0.39, 0.29) is 0 Å². The molecular formula is C64H40N6. The predicted molar refractivity (Wildman–Crippen MR) is 286 cm³/mol. The lowest BCUT2D eigenvalue weighted by Gasteiger charge is -2.18. The van der Waals surface area contributed by atoms with Crippen molar-refractivity contribution in [3.05, 3.63) is 248 Å². The lowest BCUT2D eigenvalue weighted by atomic mass is 9.95. The molecule has 3 heterocycles. The van der Waals surface area contributed by atoms with Crippen molar-refractivity contribution in [2.24, 2.45) is 0 Å². The van der Waals surface area contributed by atoms with Gasteiger partial charge in [0.2, 0.25) is 0 Å². The second-order valence-corrected chi connectivity index (χ2v) is 17.5. The van der Waals surface area contributed by atoms with Gasteiger partial charge in [-0.15, -0.1) is 0 Å². The Morgan fingerprint density at radius 3 is 1.26 bits per heavy atom. The summed E-state index contributed by atoms with van der Waals surface area (Å²) >= 11 is 0. The summed E-state index contributed by atoms with van der Waals surface area (Å²) in [6, 6.07) is 86.9. The Kier molecular flexibility index (Phi) is 9.78. The number of rotatable bonds is 8. The van der Waals surface area contributed by atoms with Gasteiger partial charge < -0.3 is 9.13 Å². The van der Waals surface area contributed by atoms with Crippen LogP contribution in [0.5, 0.6) is 0 Å². The topological polar surface area (TPSA) is 72.3 Å². The van der Waals surface area contributed by atoms with Crippen LogP contribution in [0.25, 0.3) is 123 Å². The molecule has 0 aliphatic carbocycles. The Balaban J connectivity index is 1.08. The van der Waals surface area contributed by atoms with Crippen molar-refractivity contribution in [1.82, 2.24) is 24.1 Å². The van der Waals surface area contributed by atoms with Gasteiger partial charge >= 0.3 is 0 Å². The fraction of sp³-hybridized carbons (Fsp3) is 0. The van der Waals surface area contributed by atoms with E-state index in [0.717, 1.165) is 99.5 Å². The first-order valence-corrected chi connectivity index (χ1v) is 23.4. The second-order valence-electron chi connectivity index (χ2n) is 17.5. The van der Waals surface area contributed by atoms with E-state index in [4.69, 9.17) is 15.0 Å². The first kappa shape index (κ1) is 40.6. The van der Waals surface area contributed by atoms with Crippen LogP contribution in [-0.2, 0) is 0 Å². The van der Waals surface area contributed by atoms with Crippen molar-refractivity contribution in [2.45, 2.75) is 0 Å². The standard InChI is InChI=1S/C64H40N6/c65-41-49-29-33-50(69-57-27-15-13-25-51(57)54-37-46(30-34-59(54)69)42-17-5-1-6-18-42)40-53(49)56-39-48(64-67-62(44-21-9-3-10-22-44)66-63(68-64)45-23-11-4-12-24-45)32-36-61(56)70-58-28-16-14-26-52(58)55-38-47(31-35-60(55)70)43-19-7-2-8-20-43/h1-40H. The summed E-state index contributed by atoms with van der Waals surface area (Å²) in [4.78, 5) is 15.3. The highest BCUT2D eigenvalue weighted by Crippen LogP contribution is 2.42. The maximum absolute atomic E-state index is 11.1. The average molecular weight is 893 g/mol. The Morgan fingerprint density at radius 1 is 0.300 bits per heavy atom. The van der Waals surface area contributed by atoms with Crippen LogP contribution in [0.1, 0.15) is 5.56 Å². The highest BCUT2D eigenvalue weighted by atomic mass is 15.0. The minimum Gasteiger partial charge on any atom is -0.309 e. The van der Waals surface area contributed by atoms with Crippen molar-refractivity contribution >= 4 is 43.6 Å². The molecule has 6 nitrogen and oxygen atoms in total. The average Bonchev–Trinajstić information content (AvgIpc) is 3.95. The van der Waals surface area contributed by atoms with Crippen molar-refractivity contribution in [3.63, 3.8) is 0 Å². The maximum atomic E-state index is 11.1. The molecule has 13 rings (SSSR count). The van der Waals surface area contributed by atoms with E-state index in [1.165, 1.54) is 5.56 Å². The first-order chi connectivity index (χ1) is 34.7. The highest BCUT2D eigenvalue weighted by Gasteiger charge is 2.22. The van der Waals surface area contributed by atoms with Gasteiger partial charge in [-0.3, -0.25) is 0 Å². The molecular weight excluding hydrogens is 853 g/mol. The number of hydrogen-bond donors (Lipinski definition) is 0. The molecule has 0 bridgehead atoms. The van der Waals surface area contributed by atoms with Gasteiger partial charge in [0, 0.05) is 55.0 Å². The number of aromatic nitrogens is 5. The zero-order valence-corrected chi connectivity index (χ0v) is 37.8. The monoisotopic (exact) mass is 892 g/mol. The van der Waals surface area contributed by atoms with E-state index in [1.54, 1.807) is 0 Å². The molecule has 6 heteroatoms. The molecule has 0 spiro atoms. The molecule has 0 N–H and O–H groups in total. The third kappa shape index (κ3) is 6.92. The van der Waals surface area contributed by atoms with Crippen LogP contribution >= 0.6 is 0 Å². The van der Waals surface area contributed by atoms with E-state index in [1.807, 2.05) is 66.7 Å². The fourth-order valence-electron chi connectivity index (χ4n) is 10.1. The molecule has 326 valence electrons. The Morgan fingerprint density at radius 2 is 0.729 bits per heavy atom. The molecule has 0 aliphatic rings. The van der Waals surface area contributed by atoms with Gasteiger partial charge in [0.25, 0.3) is 0 Å². The SMILES string of the molecule is N#Cc1ccc(-n2c3ccccc3c3cc(-c4ccccc4)ccc32)cc1-c1cc(-c2nc(-c3ccccc3)nc(-c3ccccc3)n2)ccc1-n1c2ccccc2c2cc(-c3ccccc3)ccc21. The number of benzene rings is 10. The quantitative estimate of drug-likeness (QED) is 0.152. The number of para-hydroxylation sites is 2. The summed E-state index contributed by atoms with van der Waals surface area (Å²) in [5, 5.41) is 15.7. The molecule has 0 atom stereocenters. The summed E-state index contributed by atoms with van der Waals surface area (Å²) in [5.74, 6) is 1.68. The van der Waals surface area contributed by atoms with Crippen LogP contribution in [0.15, 0.2) is 243 Å². The summed E-state index contributed by atoms with van der Waals surface area (Å²) in [7, 11) is 0. The number of fused-ring (bicyclic) bond motifs is 6. The van der Waals surface area contributed by atoms with E-state index in [0.29, 0.717) is 23.0 Å². The summed E-state index contributed by atoms with van der Waals surface area (Å²) in [6.07, 6.45) is 0. The van der Waals surface area contributed by atoms with Crippen LogP contribution in [0.2, 0.25) is 0 Å². The fourth-order valence-corrected chi connectivity index (χ4v) is 10.1. The summed E-state index contributed by atoms with van der Waals surface area (Å²) in [6.45, 7) is 0. The maximum Gasteiger partial charge on any atom is 0.164 e. The first-order valence-electron chi connectivity index (χ1n) is 23.4. The van der Waals surface area contributed by atoms with Crippen LogP contribution in [0.4, 0.5) is 0 Å². The van der Waals surface area contributed by atoms with E-state index < -0.39 is 0 Å². The van der Waals surface area contributed by atoms with E-state index in [2.05, 4.69) is 191 Å². The normalized spacial score (nSPS) is 11.4. The van der Waals surface area contributed by atoms with Crippen molar-refractivity contribution in [2.75, 3.05) is 0 Å². The lowest BCUT2D eigenvalue weighted by molar-refractivity contribution is 1.07.